The molecule has 1 heteroatoms. The summed E-state index contributed by atoms with van der Waals surface area (Å²) >= 11 is 0. The summed E-state index contributed by atoms with van der Waals surface area (Å²) in [6.45, 7) is 34.9. The molecule has 0 bridgehead atoms. The Hall–Kier alpha value is -2.64. The summed E-state index contributed by atoms with van der Waals surface area (Å²) < 4.78 is 0. The minimum Gasteiger partial charge on any atom is -0.333 e. The lowest BCUT2D eigenvalue weighted by Gasteiger charge is -2.15. The van der Waals surface area contributed by atoms with Crippen LogP contribution in [0.15, 0.2) is 98.6 Å². The first kappa shape index (κ1) is 53.0. The monoisotopic (exact) mass is 596 g/mol. The quantitative estimate of drug-likeness (QED) is 0.214. The van der Waals surface area contributed by atoms with Crippen LogP contribution < -0.4 is 5.73 Å². The van der Waals surface area contributed by atoms with E-state index < -0.39 is 0 Å². The minimum atomic E-state index is 0.891. The molecule has 2 N–H and O–H groups in total. The smallest absolute Gasteiger partial charge is 0.0195 e. The van der Waals surface area contributed by atoms with Gasteiger partial charge < -0.3 is 5.73 Å². The summed E-state index contributed by atoms with van der Waals surface area (Å²) in [5.74, 6) is 0.891. The van der Waals surface area contributed by atoms with Gasteiger partial charge in [0.15, 0.2) is 0 Å². The summed E-state index contributed by atoms with van der Waals surface area (Å²) in [6, 6.07) is 17.5. The van der Waals surface area contributed by atoms with Crippen LogP contribution in [-0.2, 0) is 6.42 Å². The van der Waals surface area contributed by atoms with Crippen LogP contribution in [0.2, 0.25) is 0 Å². The third-order valence-corrected chi connectivity index (χ3v) is 5.49. The van der Waals surface area contributed by atoms with Crippen LogP contribution >= 0.6 is 0 Å². The number of benzene rings is 2. The largest absolute Gasteiger partial charge is 0.333 e. The van der Waals surface area contributed by atoms with Crippen LogP contribution in [0.5, 0.6) is 0 Å². The number of rotatable bonds is 10. The number of nitrogens with two attached hydrogens (primary N) is 1. The standard InChI is InChI=1S/C15H24.C8H10.C8H12.C4H10.2C2H6.C2H4.CH5N/c1-4-6-14(7-5-2)12-15-10-8-13(3)9-11-15;1-7-3-5-8(2)6-4-7;1-3-5-7-8-6-4-2;1-3-4-2;4*1-2/h8-11,14H,4-7,12H2,1-3H3;3-6H,1-2H3;3,5-8H,1,4H2,2H3;3-4H2,1-2H3;2*1-2H3;1-2H2;2H2,1H3/b;;7-5-,8-6-;;;;;. The summed E-state index contributed by atoms with van der Waals surface area (Å²) in [4.78, 5) is 0. The van der Waals surface area contributed by atoms with Gasteiger partial charge in [0, 0.05) is 0 Å². The zero-order chi connectivity index (χ0) is 34.7. The number of aryl methyl sites for hydroxylation is 3. The molecule has 0 amide bonds. The molecule has 0 aliphatic heterocycles. The fourth-order valence-electron chi connectivity index (χ4n) is 3.22. The Morgan fingerprint density at radius 3 is 1.21 bits per heavy atom. The average molecular weight is 596 g/mol. The van der Waals surface area contributed by atoms with Crippen molar-refractivity contribution >= 4 is 0 Å². The molecule has 2 aromatic carbocycles. The maximum absolute atomic E-state index is 4.50. The highest BCUT2D eigenvalue weighted by molar-refractivity contribution is 5.21. The molecule has 0 aliphatic carbocycles. The van der Waals surface area contributed by atoms with Gasteiger partial charge in [-0.05, 0) is 52.1 Å². The average Bonchev–Trinajstić information content (AvgIpc) is 3.07. The highest BCUT2D eigenvalue weighted by Crippen LogP contribution is 2.19. The van der Waals surface area contributed by atoms with E-state index in [1.54, 1.807) is 6.08 Å². The van der Waals surface area contributed by atoms with Crippen molar-refractivity contribution in [2.45, 2.75) is 134 Å². The molecule has 0 radical (unpaired) electrons. The molecule has 0 atom stereocenters. The van der Waals surface area contributed by atoms with E-state index in [4.69, 9.17) is 0 Å². The highest BCUT2D eigenvalue weighted by atomic mass is 14.4. The molecule has 0 saturated carbocycles. The first-order chi connectivity index (χ1) is 20.9. The maximum Gasteiger partial charge on any atom is -0.0195 e. The molecule has 0 aromatic heterocycles. The zero-order valence-corrected chi connectivity index (χ0v) is 31.4. The predicted octanol–water partition coefficient (Wildman–Crippen LogP) is 14.0. The van der Waals surface area contributed by atoms with Gasteiger partial charge in [-0.2, -0.15) is 0 Å². The van der Waals surface area contributed by atoms with Crippen LogP contribution in [0, 0.1) is 26.7 Å². The van der Waals surface area contributed by atoms with E-state index in [2.05, 4.69) is 135 Å². The molecule has 0 unspecified atom stereocenters. The van der Waals surface area contributed by atoms with Crippen molar-refractivity contribution < 1.29 is 0 Å². The van der Waals surface area contributed by atoms with Crippen LogP contribution in [0.25, 0.3) is 0 Å². The second kappa shape index (κ2) is 52.0. The minimum absolute atomic E-state index is 0.891. The van der Waals surface area contributed by atoms with E-state index in [0.29, 0.717) is 0 Å². The van der Waals surface area contributed by atoms with Gasteiger partial charge in [-0.25, -0.2) is 0 Å². The molecule has 2 rings (SSSR count). The van der Waals surface area contributed by atoms with Crippen LogP contribution in [-0.4, -0.2) is 7.05 Å². The lowest BCUT2D eigenvalue weighted by molar-refractivity contribution is 0.438. The SMILES string of the molecule is C=C.C=C/C=C\C=C/CC.CC.CC.CCCC.CCCC(CCC)Cc1ccc(C)cc1.CN.Cc1ccc(C)cc1. The van der Waals surface area contributed by atoms with E-state index >= 15 is 0 Å². The van der Waals surface area contributed by atoms with E-state index in [-0.39, 0.29) is 0 Å². The molecular weight excluding hydrogens is 518 g/mol. The van der Waals surface area contributed by atoms with E-state index in [0.717, 1.165) is 12.3 Å². The Balaban J connectivity index is -0.000000105. The molecule has 250 valence electrons. The molecule has 43 heavy (non-hydrogen) atoms. The van der Waals surface area contributed by atoms with Gasteiger partial charge in [0.25, 0.3) is 0 Å². The van der Waals surface area contributed by atoms with E-state index in [9.17, 15) is 0 Å². The molecule has 0 aliphatic rings. The van der Waals surface area contributed by atoms with Crippen molar-refractivity contribution in [3.63, 3.8) is 0 Å². The van der Waals surface area contributed by atoms with Crippen molar-refractivity contribution in [1.29, 1.82) is 0 Å². The van der Waals surface area contributed by atoms with E-state index in [1.807, 2.05) is 45.9 Å². The number of allylic oxidation sites excluding steroid dienone is 5. The Morgan fingerprint density at radius 2 is 0.930 bits per heavy atom. The third kappa shape index (κ3) is 49.4. The van der Waals surface area contributed by atoms with Gasteiger partial charge in [-0.15, -0.1) is 13.2 Å². The van der Waals surface area contributed by atoms with Crippen molar-refractivity contribution in [3.8, 4) is 0 Å². The van der Waals surface area contributed by atoms with Gasteiger partial charge in [-0.3, -0.25) is 0 Å². The Labute approximate surface area is 273 Å². The number of hydrogen-bond donors (Lipinski definition) is 1. The van der Waals surface area contributed by atoms with Crippen LogP contribution in [0.1, 0.15) is 130 Å². The fraction of sp³-hybridized carbons (Fsp3) is 0.524. The molecular formula is C42H77N. The van der Waals surface area contributed by atoms with Crippen molar-refractivity contribution in [2.24, 2.45) is 11.7 Å². The Bertz CT molecular complexity index is 737. The highest BCUT2D eigenvalue weighted by Gasteiger charge is 2.07. The van der Waals surface area contributed by atoms with Crippen LogP contribution in [0.4, 0.5) is 0 Å². The molecule has 0 fully saturated rings. The van der Waals surface area contributed by atoms with Crippen molar-refractivity contribution in [1.82, 2.24) is 0 Å². The number of hydrogen-bond acceptors (Lipinski definition) is 1. The normalized spacial score (nSPS) is 8.81. The molecule has 0 saturated heterocycles. The van der Waals surface area contributed by atoms with E-state index in [1.165, 1.54) is 74.2 Å². The lowest BCUT2D eigenvalue weighted by atomic mass is 9.91. The molecule has 0 spiro atoms. The zero-order valence-electron chi connectivity index (χ0n) is 31.4. The second-order valence-corrected chi connectivity index (χ2v) is 9.24. The molecule has 0 heterocycles. The summed E-state index contributed by atoms with van der Waals surface area (Å²) in [7, 11) is 1.50. The summed E-state index contributed by atoms with van der Waals surface area (Å²) in [6.07, 6.45) is 20.1. The van der Waals surface area contributed by atoms with Gasteiger partial charge in [0.1, 0.15) is 0 Å². The lowest BCUT2D eigenvalue weighted by Crippen LogP contribution is -2.04. The third-order valence-electron chi connectivity index (χ3n) is 5.49. The fourth-order valence-corrected chi connectivity index (χ4v) is 3.22. The number of unbranched alkanes of at least 4 members (excludes halogenated alkanes) is 1. The maximum atomic E-state index is 4.50. The van der Waals surface area contributed by atoms with Gasteiger partial charge in [0.05, 0.1) is 0 Å². The predicted molar refractivity (Wildman–Crippen MR) is 208 cm³/mol. The Morgan fingerprint density at radius 1 is 0.581 bits per heavy atom. The second-order valence-electron chi connectivity index (χ2n) is 9.24. The first-order valence-electron chi connectivity index (χ1n) is 17.0. The van der Waals surface area contributed by atoms with Gasteiger partial charge in [-0.1, -0.05) is 203 Å². The Kier molecular flexibility index (Phi) is 64.1. The summed E-state index contributed by atoms with van der Waals surface area (Å²) in [5, 5.41) is 0. The summed E-state index contributed by atoms with van der Waals surface area (Å²) in [5.41, 5.74) is 10.0. The van der Waals surface area contributed by atoms with Crippen LogP contribution in [0.3, 0.4) is 0 Å². The molecule has 1 nitrogen and oxygen atoms in total. The van der Waals surface area contributed by atoms with Crippen molar-refractivity contribution in [3.05, 3.63) is 121 Å². The van der Waals surface area contributed by atoms with Gasteiger partial charge in [0.2, 0.25) is 0 Å². The van der Waals surface area contributed by atoms with Crippen molar-refractivity contribution in [2.75, 3.05) is 7.05 Å². The topological polar surface area (TPSA) is 26.0 Å². The first-order valence-corrected chi connectivity index (χ1v) is 17.0. The van der Waals surface area contributed by atoms with Gasteiger partial charge >= 0.3 is 0 Å². The molecule has 2 aromatic rings.